The molecule has 4 N–H and O–H groups in total. The van der Waals surface area contributed by atoms with Gasteiger partial charge in [-0.25, -0.2) is 4.39 Å². The van der Waals surface area contributed by atoms with Gasteiger partial charge in [-0.3, -0.25) is 4.79 Å². The summed E-state index contributed by atoms with van der Waals surface area (Å²) in [5.41, 5.74) is 6.52. The minimum absolute atomic E-state index is 0.0259. The summed E-state index contributed by atoms with van der Waals surface area (Å²) in [6.07, 6.45) is 1.24. The summed E-state index contributed by atoms with van der Waals surface area (Å²) in [6, 6.07) is 2.67. The molecule has 0 fully saturated rings. The summed E-state index contributed by atoms with van der Waals surface area (Å²) in [4.78, 5) is 11.4. The van der Waals surface area contributed by atoms with Crippen LogP contribution in [0.25, 0.3) is 0 Å². The quantitative estimate of drug-likeness (QED) is 0.659. The van der Waals surface area contributed by atoms with E-state index in [9.17, 15) is 9.18 Å². The Bertz CT molecular complexity index is 438. The van der Waals surface area contributed by atoms with Crippen LogP contribution in [-0.4, -0.2) is 26.1 Å². The highest BCUT2D eigenvalue weighted by Gasteiger charge is 2.08. The van der Waals surface area contributed by atoms with E-state index in [1.165, 1.54) is 19.2 Å². The minimum Gasteiger partial charge on any atom is -0.494 e. The van der Waals surface area contributed by atoms with E-state index in [4.69, 9.17) is 10.5 Å². The monoisotopic (exact) mass is 269 g/mol. The molecule has 1 amide bonds. The number of ether oxygens (including phenoxy) is 1. The van der Waals surface area contributed by atoms with Crippen LogP contribution in [0, 0.1) is 5.82 Å². The van der Waals surface area contributed by atoms with Gasteiger partial charge in [0.2, 0.25) is 5.91 Å². The van der Waals surface area contributed by atoms with Crippen molar-refractivity contribution < 1.29 is 13.9 Å². The number of nitrogens with one attached hydrogen (secondary N) is 2. The van der Waals surface area contributed by atoms with Gasteiger partial charge in [0, 0.05) is 31.6 Å². The summed E-state index contributed by atoms with van der Waals surface area (Å²) in [5, 5.41) is 5.76. The average molecular weight is 269 g/mol. The van der Waals surface area contributed by atoms with Crippen LogP contribution in [0.2, 0.25) is 0 Å². The maximum absolute atomic E-state index is 13.3. The van der Waals surface area contributed by atoms with Gasteiger partial charge >= 0.3 is 0 Å². The number of anilines is 2. The third-order valence-corrected chi connectivity index (χ3v) is 2.56. The third-order valence-electron chi connectivity index (χ3n) is 2.56. The Labute approximate surface area is 112 Å². The van der Waals surface area contributed by atoms with Gasteiger partial charge in [0.1, 0.15) is 0 Å². The normalized spacial score (nSPS) is 10.1. The molecule has 1 aromatic rings. The Hall–Kier alpha value is -1.98. The van der Waals surface area contributed by atoms with Crippen molar-refractivity contribution in [2.24, 2.45) is 0 Å². The van der Waals surface area contributed by atoms with Crippen molar-refractivity contribution >= 4 is 17.3 Å². The van der Waals surface area contributed by atoms with Gasteiger partial charge in [-0.15, -0.1) is 0 Å². The van der Waals surface area contributed by atoms with Gasteiger partial charge in [0.05, 0.1) is 18.5 Å². The second-order valence-electron chi connectivity index (χ2n) is 4.10. The van der Waals surface area contributed by atoms with Crippen LogP contribution in [-0.2, 0) is 4.79 Å². The Morgan fingerprint density at radius 1 is 1.42 bits per heavy atom. The molecule has 5 nitrogen and oxygen atoms in total. The van der Waals surface area contributed by atoms with Crippen LogP contribution in [0.5, 0.6) is 5.75 Å². The number of amides is 1. The van der Waals surface area contributed by atoms with E-state index in [-0.39, 0.29) is 17.3 Å². The molecule has 0 aliphatic heterocycles. The van der Waals surface area contributed by atoms with Gasteiger partial charge in [0.25, 0.3) is 0 Å². The number of rotatable bonds is 7. The number of benzene rings is 1. The molecule has 0 aliphatic carbocycles. The lowest BCUT2D eigenvalue weighted by molar-refractivity contribution is -0.120. The lowest BCUT2D eigenvalue weighted by Crippen LogP contribution is -2.25. The number of carbonyl (C=O) groups is 1. The van der Waals surface area contributed by atoms with Crippen molar-refractivity contribution in [3.63, 3.8) is 0 Å². The van der Waals surface area contributed by atoms with E-state index >= 15 is 0 Å². The molecule has 0 bridgehead atoms. The van der Waals surface area contributed by atoms with Gasteiger partial charge in [-0.2, -0.15) is 0 Å². The molecule has 6 heteroatoms. The summed E-state index contributed by atoms with van der Waals surface area (Å²) in [6.45, 7) is 3.09. The lowest BCUT2D eigenvalue weighted by Gasteiger charge is -2.11. The Morgan fingerprint density at radius 2 is 2.16 bits per heavy atom. The zero-order chi connectivity index (χ0) is 14.3. The molecular weight excluding hydrogens is 249 g/mol. The molecule has 0 atom stereocenters. The molecule has 0 saturated carbocycles. The molecule has 0 radical (unpaired) electrons. The first-order valence-corrected chi connectivity index (χ1v) is 6.22. The Morgan fingerprint density at radius 3 is 2.79 bits per heavy atom. The summed E-state index contributed by atoms with van der Waals surface area (Å²) in [5.74, 6) is -0.416. The van der Waals surface area contributed by atoms with Crippen LogP contribution in [0.15, 0.2) is 12.1 Å². The van der Waals surface area contributed by atoms with Crippen molar-refractivity contribution in [3.05, 3.63) is 17.9 Å². The predicted molar refractivity (Wildman–Crippen MR) is 73.8 cm³/mol. The number of carbonyl (C=O) groups excluding carboxylic acids is 1. The van der Waals surface area contributed by atoms with E-state index in [0.717, 1.165) is 6.42 Å². The molecule has 0 heterocycles. The van der Waals surface area contributed by atoms with Crippen molar-refractivity contribution in [1.82, 2.24) is 5.32 Å². The minimum atomic E-state index is -0.508. The standard InChI is InChI=1S/C13H20FN3O2/c1-3-5-17-13(18)4-6-16-11-8-12(19-2)9(14)7-10(11)15/h7-8,16H,3-6,15H2,1-2H3,(H,17,18). The molecule has 1 rings (SSSR count). The first-order chi connectivity index (χ1) is 9.08. The summed E-state index contributed by atoms with van der Waals surface area (Å²) < 4.78 is 18.2. The average Bonchev–Trinajstić information content (AvgIpc) is 2.38. The summed E-state index contributed by atoms with van der Waals surface area (Å²) in [7, 11) is 1.39. The maximum atomic E-state index is 13.3. The highest BCUT2D eigenvalue weighted by Crippen LogP contribution is 2.27. The highest BCUT2D eigenvalue weighted by atomic mass is 19.1. The molecule has 0 unspecified atom stereocenters. The largest absolute Gasteiger partial charge is 0.494 e. The predicted octanol–water partition coefficient (Wildman–Crippen LogP) is 1.74. The SMILES string of the molecule is CCCNC(=O)CCNc1cc(OC)c(F)cc1N. The van der Waals surface area contributed by atoms with Crippen LogP contribution >= 0.6 is 0 Å². The number of nitrogens with two attached hydrogens (primary N) is 1. The zero-order valence-electron chi connectivity index (χ0n) is 11.3. The van der Waals surface area contributed by atoms with Gasteiger partial charge in [-0.05, 0) is 6.42 Å². The fourth-order valence-electron chi connectivity index (χ4n) is 1.54. The van der Waals surface area contributed by atoms with E-state index in [1.54, 1.807) is 0 Å². The topological polar surface area (TPSA) is 76.4 Å². The van der Waals surface area contributed by atoms with Crippen molar-refractivity contribution in [2.45, 2.75) is 19.8 Å². The molecular formula is C13H20FN3O2. The number of methoxy groups -OCH3 is 1. The molecule has 1 aromatic carbocycles. The van der Waals surface area contributed by atoms with Crippen molar-refractivity contribution in [1.29, 1.82) is 0 Å². The van der Waals surface area contributed by atoms with Crippen LogP contribution in [0.1, 0.15) is 19.8 Å². The van der Waals surface area contributed by atoms with Gasteiger partial charge in [0.15, 0.2) is 11.6 Å². The smallest absolute Gasteiger partial charge is 0.221 e. The van der Waals surface area contributed by atoms with Crippen molar-refractivity contribution in [2.75, 3.05) is 31.2 Å². The molecule has 19 heavy (non-hydrogen) atoms. The van der Waals surface area contributed by atoms with Crippen LogP contribution < -0.4 is 21.1 Å². The molecule has 106 valence electrons. The number of hydrogen-bond acceptors (Lipinski definition) is 4. The second kappa shape index (κ2) is 7.45. The maximum Gasteiger partial charge on any atom is 0.221 e. The van der Waals surface area contributed by atoms with Crippen LogP contribution in [0.4, 0.5) is 15.8 Å². The molecule has 0 spiro atoms. The van der Waals surface area contributed by atoms with E-state index in [2.05, 4.69) is 10.6 Å². The first kappa shape index (κ1) is 15.1. The zero-order valence-corrected chi connectivity index (χ0v) is 11.3. The van der Waals surface area contributed by atoms with Crippen LogP contribution in [0.3, 0.4) is 0 Å². The Balaban J connectivity index is 2.51. The molecule has 0 aliphatic rings. The second-order valence-corrected chi connectivity index (χ2v) is 4.10. The fourth-order valence-corrected chi connectivity index (χ4v) is 1.54. The number of nitrogen functional groups attached to an aromatic ring is 1. The molecule has 0 aromatic heterocycles. The van der Waals surface area contributed by atoms with E-state index in [1.807, 2.05) is 6.92 Å². The van der Waals surface area contributed by atoms with E-state index < -0.39 is 5.82 Å². The first-order valence-electron chi connectivity index (χ1n) is 6.22. The fraction of sp³-hybridized carbons (Fsp3) is 0.462. The van der Waals surface area contributed by atoms with E-state index in [0.29, 0.717) is 25.2 Å². The third kappa shape index (κ3) is 4.65. The number of halogens is 1. The Kier molecular flexibility index (Phi) is 5.92. The highest BCUT2D eigenvalue weighted by molar-refractivity contribution is 5.77. The summed E-state index contributed by atoms with van der Waals surface area (Å²) >= 11 is 0. The molecule has 0 saturated heterocycles. The van der Waals surface area contributed by atoms with Gasteiger partial charge < -0.3 is 21.1 Å². The van der Waals surface area contributed by atoms with Gasteiger partial charge in [-0.1, -0.05) is 6.92 Å². The van der Waals surface area contributed by atoms with Crippen molar-refractivity contribution in [3.8, 4) is 5.75 Å². The lowest BCUT2D eigenvalue weighted by atomic mass is 10.2. The number of hydrogen-bond donors (Lipinski definition) is 3.